The number of hydrogen-bond donors (Lipinski definition) is 0. The summed E-state index contributed by atoms with van der Waals surface area (Å²) in [6.07, 6.45) is 1.81. The molecule has 0 N–H and O–H groups in total. The predicted octanol–water partition coefficient (Wildman–Crippen LogP) is 5.68. The molecule has 10 heteroatoms. The number of nitrogens with zero attached hydrogens (tertiary/aromatic N) is 3. The van der Waals surface area contributed by atoms with Crippen LogP contribution in [0.4, 0.5) is 0 Å². The standard InChI is InChI=1S/C27H26Br2ClN3O3S/c1-5-32(6-2)26(35)22-15(4)31-27-33(23(22)16-8-10-19(30)11-9-16)25(34)21(37-27)13-17-12-18(28)14-20(29)24(17)36-7-3/h8-14,23H,5-7H2,1-4H3/b21-13+/t23-/m1/s1. The minimum atomic E-state index is -0.621. The molecule has 1 atom stereocenters. The fraction of sp³-hybridized carbons (Fsp3) is 0.296. The fourth-order valence-electron chi connectivity index (χ4n) is 4.36. The van der Waals surface area contributed by atoms with Gasteiger partial charge in [-0.25, -0.2) is 4.99 Å². The van der Waals surface area contributed by atoms with Crippen LogP contribution < -0.4 is 19.6 Å². The zero-order valence-electron chi connectivity index (χ0n) is 20.8. The number of carbonyl (C=O) groups excluding carboxylic acids is 1. The van der Waals surface area contributed by atoms with E-state index in [9.17, 15) is 9.59 Å². The van der Waals surface area contributed by atoms with Crippen LogP contribution in [0.3, 0.4) is 0 Å². The molecule has 37 heavy (non-hydrogen) atoms. The molecule has 0 bridgehead atoms. The van der Waals surface area contributed by atoms with Crippen LogP contribution in [-0.2, 0) is 4.79 Å². The lowest BCUT2D eigenvalue weighted by molar-refractivity contribution is -0.127. The molecule has 0 unspecified atom stereocenters. The van der Waals surface area contributed by atoms with E-state index in [1.54, 1.807) is 21.6 Å². The van der Waals surface area contributed by atoms with Crippen molar-refractivity contribution in [3.8, 4) is 5.75 Å². The largest absolute Gasteiger partial charge is 0.492 e. The summed E-state index contributed by atoms with van der Waals surface area (Å²) in [7, 11) is 0. The van der Waals surface area contributed by atoms with Crippen molar-refractivity contribution in [1.29, 1.82) is 0 Å². The third kappa shape index (κ3) is 5.50. The van der Waals surface area contributed by atoms with E-state index in [1.807, 2.05) is 58.0 Å². The molecule has 1 aliphatic heterocycles. The van der Waals surface area contributed by atoms with E-state index >= 15 is 0 Å². The van der Waals surface area contributed by atoms with Gasteiger partial charge in [0, 0.05) is 28.1 Å². The molecule has 0 saturated carbocycles. The Morgan fingerprint density at radius 1 is 1.19 bits per heavy atom. The third-order valence-corrected chi connectivity index (χ3v) is 8.38. The minimum absolute atomic E-state index is 0.130. The number of fused-ring (bicyclic) bond motifs is 1. The molecule has 0 saturated heterocycles. The van der Waals surface area contributed by atoms with Gasteiger partial charge in [0.25, 0.3) is 11.5 Å². The summed E-state index contributed by atoms with van der Waals surface area (Å²) in [6, 6.07) is 10.5. The maximum Gasteiger partial charge on any atom is 0.271 e. The topological polar surface area (TPSA) is 63.9 Å². The molecule has 4 rings (SSSR count). The number of thiazole rings is 1. The highest BCUT2D eigenvalue weighted by Crippen LogP contribution is 2.34. The molecule has 1 amide bonds. The van der Waals surface area contributed by atoms with Gasteiger partial charge in [0.1, 0.15) is 5.75 Å². The quantitative estimate of drug-likeness (QED) is 0.326. The van der Waals surface area contributed by atoms with E-state index in [2.05, 4.69) is 31.9 Å². The Balaban J connectivity index is 1.98. The summed E-state index contributed by atoms with van der Waals surface area (Å²) in [6.45, 7) is 9.22. The molecule has 1 aromatic heterocycles. The first kappa shape index (κ1) is 27.8. The second-order valence-corrected chi connectivity index (χ2v) is 11.6. The van der Waals surface area contributed by atoms with Crippen LogP contribution in [0, 0.1) is 0 Å². The lowest BCUT2D eigenvalue weighted by atomic mass is 9.94. The number of halogens is 3. The lowest BCUT2D eigenvalue weighted by Crippen LogP contribution is -2.43. The zero-order chi connectivity index (χ0) is 26.9. The van der Waals surface area contributed by atoms with E-state index in [-0.39, 0.29) is 11.5 Å². The van der Waals surface area contributed by atoms with Crippen LogP contribution in [0.5, 0.6) is 5.75 Å². The normalized spacial score (nSPS) is 15.4. The molecule has 0 fully saturated rings. The summed E-state index contributed by atoms with van der Waals surface area (Å²) in [5.74, 6) is 0.523. The molecule has 1 aliphatic rings. The number of amides is 1. The summed E-state index contributed by atoms with van der Waals surface area (Å²) in [5.41, 5.74) is 2.42. The predicted molar refractivity (Wildman–Crippen MR) is 156 cm³/mol. The first-order chi connectivity index (χ1) is 17.7. The molecular formula is C27H26Br2ClN3O3S. The van der Waals surface area contributed by atoms with E-state index in [0.717, 1.165) is 20.1 Å². The van der Waals surface area contributed by atoms with E-state index < -0.39 is 6.04 Å². The Morgan fingerprint density at radius 2 is 1.86 bits per heavy atom. The van der Waals surface area contributed by atoms with Gasteiger partial charge in [0.05, 0.1) is 32.9 Å². The van der Waals surface area contributed by atoms with Gasteiger partial charge in [-0.1, -0.05) is 51.0 Å². The molecular weight excluding hydrogens is 642 g/mol. The summed E-state index contributed by atoms with van der Waals surface area (Å²) in [4.78, 5) is 34.6. The molecule has 0 radical (unpaired) electrons. The van der Waals surface area contributed by atoms with Gasteiger partial charge in [-0.3, -0.25) is 14.2 Å². The molecule has 2 aromatic carbocycles. The Morgan fingerprint density at radius 3 is 2.49 bits per heavy atom. The van der Waals surface area contributed by atoms with Gasteiger partial charge in [-0.05, 0) is 79.5 Å². The number of benzene rings is 2. The maximum atomic E-state index is 13.9. The van der Waals surface area contributed by atoms with Crippen molar-refractivity contribution in [3.63, 3.8) is 0 Å². The van der Waals surface area contributed by atoms with Crippen molar-refractivity contribution < 1.29 is 9.53 Å². The van der Waals surface area contributed by atoms with Crippen molar-refractivity contribution in [1.82, 2.24) is 9.47 Å². The summed E-state index contributed by atoms with van der Waals surface area (Å²) in [5, 5.41) is 0.581. The number of allylic oxidation sites excluding steroid dienone is 1. The van der Waals surface area contributed by atoms with Crippen LogP contribution in [0.2, 0.25) is 5.02 Å². The monoisotopic (exact) mass is 665 g/mol. The van der Waals surface area contributed by atoms with Crippen molar-refractivity contribution >= 4 is 66.8 Å². The van der Waals surface area contributed by atoms with Crippen LogP contribution >= 0.6 is 54.8 Å². The van der Waals surface area contributed by atoms with Gasteiger partial charge < -0.3 is 9.64 Å². The van der Waals surface area contributed by atoms with Crippen molar-refractivity contribution in [2.45, 2.75) is 33.7 Å². The van der Waals surface area contributed by atoms with E-state index in [0.29, 0.717) is 51.1 Å². The highest BCUT2D eigenvalue weighted by Gasteiger charge is 2.34. The SMILES string of the molecule is CCOc1c(Br)cc(Br)cc1/C=c1/sc2n(c1=O)[C@H](c1ccc(Cl)cc1)C(C(=O)N(CC)CC)=C(C)N=2. The highest BCUT2D eigenvalue weighted by atomic mass is 79.9. The van der Waals surface area contributed by atoms with E-state index in [4.69, 9.17) is 21.3 Å². The van der Waals surface area contributed by atoms with Gasteiger partial charge in [-0.15, -0.1) is 0 Å². The number of likely N-dealkylation sites (N-methyl/N-ethyl adjacent to an activating group) is 1. The zero-order valence-corrected chi connectivity index (χ0v) is 25.6. The second kappa shape index (κ2) is 11.7. The number of aromatic nitrogens is 1. The number of carbonyl (C=O) groups is 1. The fourth-order valence-corrected chi connectivity index (χ4v) is 6.90. The minimum Gasteiger partial charge on any atom is -0.492 e. The van der Waals surface area contributed by atoms with Gasteiger partial charge in [-0.2, -0.15) is 0 Å². The Kier molecular flexibility index (Phi) is 8.78. The van der Waals surface area contributed by atoms with Crippen LogP contribution in [0.15, 0.2) is 66.4 Å². The maximum absolute atomic E-state index is 13.9. The average molecular weight is 668 g/mol. The van der Waals surface area contributed by atoms with Crippen molar-refractivity contribution in [2.75, 3.05) is 19.7 Å². The second-order valence-electron chi connectivity index (χ2n) is 8.35. The first-order valence-corrected chi connectivity index (χ1v) is 14.7. The molecule has 0 aliphatic carbocycles. The first-order valence-electron chi connectivity index (χ1n) is 11.9. The Labute approximate surface area is 241 Å². The molecule has 3 aromatic rings. The molecule has 194 valence electrons. The van der Waals surface area contributed by atoms with Gasteiger partial charge in [0.15, 0.2) is 4.80 Å². The van der Waals surface area contributed by atoms with Crippen LogP contribution in [-0.4, -0.2) is 35.1 Å². The number of hydrogen-bond acceptors (Lipinski definition) is 5. The van der Waals surface area contributed by atoms with E-state index in [1.165, 1.54) is 11.3 Å². The number of ether oxygens (including phenoxy) is 1. The van der Waals surface area contributed by atoms with Crippen molar-refractivity contribution in [2.24, 2.45) is 4.99 Å². The smallest absolute Gasteiger partial charge is 0.271 e. The third-order valence-electron chi connectivity index (χ3n) is 6.10. The number of rotatable bonds is 7. The van der Waals surface area contributed by atoms with Gasteiger partial charge in [0.2, 0.25) is 0 Å². The summed E-state index contributed by atoms with van der Waals surface area (Å²) >= 11 is 14.5. The Hall–Kier alpha value is -2.20. The van der Waals surface area contributed by atoms with Crippen LogP contribution in [0.1, 0.15) is 44.9 Å². The molecule has 6 nitrogen and oxygen atoms in total. The van der Waals surface area contributed by atoms with Crippen LogP contribution in [0.25, 0.3) is 6.08 Å². The molecule has 0 spiro atoms. The summed E-state index contributed by atoms with van der Waals surface area (Å²) < 4.78 is 9.61. The Bertz CT molecular complexity index is 1560. The average Bonchev–Trinajstić information content (AvgIpc) is 3.16. The highest BCUT2D eigenvalue weighted by molar-refractivity contribution is 9.11. The molecule has 2 heterocycles. The lowest BCUT2D eigenvalue weighted by Gasteiger charge is -2.29. The van der Waals surface area contributed by atoms with Crippen molar-refractivity contribution in [3.05, 3.63) is 92.5 Å². The van der Waals surface area contributed by atoms with Gasteiger partial charge >= 0.3 is 0 Å².